The summed E-state index contributed by atoms with van der Waals surface area (Å²) in [7, 11) is -2.38. The fourth-order valence-electron chi connectivity index (χ4n) is 3.38. The van der Waals surface area contributed by atoms with Crippen LogP contribution in [0.4, 0.5) is 5.82 Å². The Kier molecular flexibility index (Phi) is 6.45. The lowest BCUT2D eigenvalue weighted by atomic mass is 10.1. The van der Waals surface area contributed by atoms with E-state index in [0.717, 1.165) is 6.66 Å². The van der Waals surface area contributed by atoms with Crippen molar-refractivity contribution in [3.05, 3.63) is 11.6 Å². The molecule has 2 aromatic heterocycles. The highest BCUT2D eigenvalue weighted by atomic mass is 35.5. The smallest absolute Gasteiger partial charge is 0.330 e. The number of aromatic nitrogens is 4. The number of fused-ring (bicyclic) bond motifs is 2. The lowest BCUT2D eigenvalue weighted by Crippen LogP contribution is -2.31. The molecule has 2 saturated heterocycles. The Morgan fingerprint density at radius 3 is 2.71 bits per heavy atom. The van der Waals surface area contributed by atoms with Gasteiger partial charge in [0.15, 0.2) is 24.2 Å². The zero-order valence-corrected chi connectivity index (χ0v) is 19.9. The Balaban J connectivity index is 1.59. The van der Waals surface area contributed by atoms with Gasteiger partial charge in [-0.05, 0) is 23.4 Å². The van der Waals surface area contributed by atoms with Crippen LogP contribution in [0, 0.1) is 0 Å². The van der Waals surface area contributed by atoms with Crippen LogP contribution in [0.1, 0.15) is 6.23 Å². The first-order chi connectivity index (χ1) is 14.5. The van der Waals surface area contributed by atoms with Gasteiger partial charge in [-0.3, -0.25) is 13.4 Å². The number of nitrogens with zero attached hydrogens (tertiary/aromatic N) is 4. The standard InChI is InChI=1S/C14H20ClN5O8P2S/c1-23-14-26-8-6(4-24-30(3,31)28-29(2,21)22)25-12(9(8)27-14)20-5-17-7-10(16)18-13(15)19-11(7)20/h5-6,8-9,12,14H,4H2,1-3H3,(H,21,22)(H2,16,18,19)/t6-,8?,9+,12-,14?,30?/m1/s1. The van der Waals surface area contributed by atoms with Crippen molar-refractivity contribution in [2.24, 2.45) is 0 Å². The Labute approximate surface area is 186 Å². The highest BCUT2D eigenvalue weighted by Crippen LogP contribution is 2.58. The SMILES string of the molecule is COC1OC2[C@@H](COP(C)(=S)OP(C)(=O)O)O[C@@H](n3cnc4c(N)nc(Cl)nc43)[C@H]2O1. The van der Waals surface area contributed by atoms with Gasteiger partial charge in [0.1, 0.15) is 23.8 Å². The summed E-state index contributed by atoms with van der Waals surface area (Å²) < 4.78 is 46.7. The molecule has 0 aliphatic carbocycles. The normalized spacial score (nSPS) is 32.1. The van der Waals surface area contributed by atoms with Crippen LogP contribution in [-0.4, -0.2) is 76.2 Å². The van der Waals surface area contributed by atoms with Crippen LogP contribution in [0.25, 0.3) is 11.2 Å². The molecule has 2 aromatic rings. The molecule has 2 fully saturated rings. The van der Waals surface area contributed by atoms with Crippen LogP contribution in [0.15, 0.2) is 6.33 Å². The predicted molar refractivity (Wildman–Crippen MR) is 112 cm³/mol. The molecular formula is C14H20ClN5O8P2S. The Hall–Kier alpha value is -0.760. The Bertz CT molecular complexity index is 1080. The highest BCUT2D eigenvalue weighted by molar-refractivity contribution is 8.11. The quantitative estimate of drug-likeness (QED) is 0.403. The van der Waals surface area contributed by atoms with Crippen molar-refractivity contribution in [3.63, 3.8) is 0 Å². The van der Waals surface area contributed by atoms with Gasteiger partial charge in [0.2, 0.25) is 5.28 Å². The van der Waals surface area contributed by atoms with E-state index in [1.165, 1.54) is 20.1 Å². The minimum absolute atomic E-state index is 0.0450. The molecule has 0 saturated carbocycles. The molecule has 31 heavy (non-hydrogen) atoms. The van der Waals surface area contributed by atoms with Crippen molar-refractivity contribution in [2.75, 3.05) is 32.8 Å². The van der Waals surface area contributed by atoms with E-state index < -0.39 is 45.1 Å². The first-order valence-corrected chi connectivity index (χ1v) is 14.3. The largest absolute Gasteiger partial charge is 0.382 e. The van der Waals surface area contributed by atoms with E-state index in [-0.39, 0.29) is 17.7 Å². The molecular weight excluding hydrogens is 496 g/mol. The number of halogens is 1. The Morgan fingerprint density at radius 1 is 1.32 bits per heavy atom. The molecule has 4 unspecified atom stereocenters. The number of hydrogen-bond acceptors (Lipinski definition) is 12. The third-order valence-electron chi connectivity index (χ3n) is 4.48. The summed E-state index contributed by atoms with van der Waals surface area (Å²) in [6.45, 7) is -1.52. The summed E-state index contributed by atoms with van der Waals surface area (Å²) in [4.78, 5) is 21.8. The average Bonchev–Trinajstić information content (AvgIpc) is 3.31. The van der Waals surface area contributed by atoms with Gasteiger partial charge >= 0.3 is 7.60 Å². The van der Waals surface area contributed by atoms with Crippen LogP contribution in [0.3, 0.4) is 0 Å². The molecule has 7 atom stereocenters. The number of ether oxygens (including phenoxy) is 4. The van der Waals surface area contributed by atoms with Gasteiger partial charge in [0.05, 0.1) is 12.9 Å². The molecule has 2 aliphatic heterocycles. The van der Waals surface area contributed by atoms with Gasteiger partial charge in [-0.1, -0.05) is 0 Å². The number of rotatable bonds is 7. The van der Waals surface area contributed by atoms with Crippen molar-refractivity contribution >= 4 is 54.5 Å². The molecule has 2 aliphatic rings. The topological polar surface area (TPSA) is 162 Å². The fourth-order valence-corrected chi connectivity index (χ4v) is 7.65. The molecule has 0 amide bonds. The number of hydrogen-bond donors (Lipinski definition) is 2. The molecule has 0 bridgehead atoms. The zero-order chi connectivity index (χ0) is 22.6. The molecule has 172 valence electrons. The zero-order valence-electron chi connectivity index (χ0n) is 16.5. The summed E-state index contributed by atoms with van der Waals surface area (Å²) in [6, 6.07) is 0. The average molecular weight is 516 g/mol. The van der Waals surface area contributed by atoms with Gasteiger partial charge in [-0.15, -0.1) is 0 Å². The van der Waals surface area contributed by atoms with Crippen LogP contribution in [0.2, 0.25) is 5.28 Å². The minimum Gasteiger partial charge on any atom is -0.382 e. The summed E-state index contributed by atoms with van der Waals surface area (Å²) in [6.07, 6.45) is -1.13. The summed E-state index contributed by atoms with van der Waals surface area (Å²) in [5.41, 5.74) is 6.58. The van der Waals surface area contributed by atoms with Gasteiger partial charge in [0, 0.05) is 20.4 Å². The summed E-state index contributed by atoms with van der Waals surface area (Å²) in [5.74, 6) is 0.123. The Morgan fingerprint density at radius 2 is 2.03 bits per heavy atom. The van der Waals surface area contributed by atoms with Crippen LogP contribution in [-0.2, 0) is 44.2 Å². The molecule has 13 nitrogen and oxygen atoms in total. The lowest BCUT2D eigenvalue weighted by Gasteiger charge is -2.23. The van der Waals surface area contributed by atoms with E-state index in [4.69, 9.17) is 56.9 Å². The fraction of sp³-hybridized carbons (Fsp3) is 0.643. The second-order valence-corrected chi connectivity index (χ2v) is 13.3. The van der Waals surface area contributed by atoms with Gasteiger partial charge in [-0.25, -0.2) is 4.98 Å². The van der Waals surface area contributed by atoms with E-state index in [0.29, 0.717) is 11.2 Å². The van der Waals surface area contributed by atoms with E-state index in [1.807, 2.05) is 0 Å². The van der Waals surface area contributed by atoms with E-state index in [9.17, 15) is 9.46 Å². The molecule has 0 radical (unpaired) electrons. The van der Waals surface area contributed by atoms with Crippen LogP contribution >= 0.6 is 25.7 Å². The van der Waals surface area contributed by atoms with Crippen molar-refractivity contribution in [1.29, 1.82) is 0 Å². The van der Waals surface area contributed by atoms with Gasteiger partial charge < -0.3 is 34.1 Å². The second kappa shape index (κ2) is 8.54. The van der Waals surface area contributed by atoms with Crippen LogP contribution < -0.4 is 5.73 Å². The second-order valence-electron chi connectivity index (χ2n) is 6.94. The number of anilines is 1. The minimum atomic E-state index is -3.82. The van der Waals surface area contributed by atoms with E-state index in [2.05, 4.69) is 15.0 Å². The number of nitrogen functional groups attached to an aromatic ring is 1. The third kappa shape index (κ3) is 4.94. The maximum absolute atomic E-state index is 11.6. The monoisotopic (exact) mass is 515 g/mol. The molecule has 0 aromatic carbocycles. The van der Waals surface area contributed by atoms with Gasteiger partial charge in [0.25, 0.3) is 6.48 Å². The van der Waals surface area contributed by atoms with Crippen molar-refractivity contribution in [1.82, 2.24) is 19.5 Å². The van der Waals surface area contributed by atoms with Crippen molar-refractivity contribution < 1.29 is 37.2 Å². The predicted octanol–water partition coefficient (Wildman–Crippen LogP) is 1.46. The van der Waals surface area contributed by atoms with Gasteiger partial charge in [-0.2, -0.15) is 9.97 Å². The first kappa shape index (κ1) is 23.4. The van der Waals surface area contributed by atoms with E-state index >= 15 is 0 Å². The highest BCUT2D eigenvalue weighted by Gasteiger charge is 2.54. The maximum atomic E-state index is 11.6. The van der Waals surface area contributed by atoms with Crippen molar-refractivity contribution in [3.8, 4) is 0 Å². The van der Waals surface area contributed by atoms with Crippen molar-refractivity contribution in [2.45, 2.75) is 31.0 Å². The molecule has 3 N–H and O–H groups in total. The third-order valence-corrected chi connectivity index (χ3v) is 8.58. The number of nitrogens with two attached hydrogens (primary N) is 1. The molecule has 4 heterocycles. The van der Waals surface area contributed by atoms with Crippen LogP contribution in [0.5, 0.6) is 0 Å². The molecule has 0 spiro atoms. The number of methoxy groups -OCH3 is 1. The molecule has 4 rings (SSSR count). The summed E-state index contributed by atoms with van der Waals surface area (Å²) >= 11 is 11.2. The number of imidazole rings is 1. The van der Waals surface area contributed by atoms with E-state index in [1.54, 1.807) is 4.57 Å². The maximum Gasteiger partial charge on any atom is 0.330 e. The lowest BCUT2D eigenvalue weighted by molar-refractivity contribution is -0.256. The summed E-state index contributed by atoms with van der Waals surface area (Å²) in [5, 5.41) is -0.0450. The molecule has 17 heteroatoms. The first-order valence-electron chi connectivity index (χ1n) is 8.86.